The van der Waals surface area contributed by atoms with Crippen molar-refractivity contribution in [3.05, 3.63) is 19.8 Å². The zero-order valence-electron chi connectivity index (χ0n) is 8.03. The molecule has 1 aromatic rings. The lowest BCUT2D eigenvalue weighted by Crippen LogP contribution is -1.85. The maximum absolute atomic E-state index is 5.98. The number of rotatable bonds is 5. The van der Waals surface area contributed by atoms with E-state index < -0.39 is 0 Å². The number of unbranched alkanes of at least 4 members (excludes halogenated alkanes) is 2. The van der Waals surface area contributed by atoms with E-state index in [1.165, 1.54) is 30.6 Å². The van der Waals surface area contributed by atoms with Gasteiger partial charge in [-0.25, -0.2) is 0 Å². The molecule has 1 aromatic heterocycles. The molecule has 1 atom stereocenters. The van der Waals surface area contributed by atoms with Gasteiger partial charge in [0.2, 0.25) is 0 Å². The minimum Gasteiger partial charge on any atom is -0.130 e. The molecule has 0 spiro atoms. The fourth-order valence-electron chi connectivity index (χ4n) is 1.23. The Kier molecular flexibility index (Phi) is 6.06. The van der Waals surface area contributed by atoms with Crippen molar-refractivity contribution in [1.29, 1.82) is 0 Å². The van der Waals surface area contributed by atoms with E-state index in [1.54, 1.807) is 11.3 Å². The second-order valence-corrected chi connectivity index (χ2v) is 7.15. The standard InChI is InChI=1S/C10H13Br2ClS/c1-2-3-4-5-7(11)9-6-8(13)10(12)14-9/h6-7H,2-5H2,1H3. The average molecular weight is 361 g/mol. The van der Waals surface area contributed by atoms with Crippen LogP contribution in [0.2, 0.25) is 5.02 Å². The predicted molar refractivity (Wildman–Crippen MR) is 72.8 cm³/mol. The second-order valence-electron chi connectivity index (χ2n) is 3.23. The third-order valence-electron chi connectivity index (χ3n) is 2.03. The van der Waals surface area contributed by atoms with E-state index in [2.05, 4.69) is 38.8 Å². The molecule has 0 saturated heterocycles. The summed E-state index contributed by atoms with van der Waals surface area (Å²) in [4.78, 5) is 1.78. The highest BCUT2D eigenvalue weighted by Crippen LogP contribution is 2.40. The molecule has 0 aromatic carbocycles. The normalized spacial score (nSPS) is 13.1. The van der Waals surface area contributed by atoms with Crippen LogP contribution in [0, 0.1) is 0 Å². The van der Waals surface area contributed by atoms with Crippen molar-refractivity contribution in [2.24, 2.45) is 0 Å². The number of hydrogen-bond donors (Lipinski definition) is 0. The molecule has 0 aliphatic rings. The first-order chi connectivity index (χ1) is 6.65. The summed E-state index contributed by atoms with van der Waals surface area (Å²) in [5, 5.41) is 0.824. The van der Waals surface area contributed by atoms with Crippen LogP contribution in [-0.4, -0.2) is 0 Å². The smallest absolute Gasteiger partial charge is 0.0887 e. The number of alkyl halides is 1. The van der Waals surface area contributed by atoms with E-state index >= 15 is 0 Å². The van der Waals surface area contributed by atoms with Gasteiger partial charge in [0.25, 0.3) is 0 Å². The lowest BCUT2D eigenvalue weighted by Gasteiger charge is -2.05. The Morgan fingerprint density at radius 2 is 2.21 bits per heavy atom. The van der Waals surface area contributed by atoms with Gasteiger partial charge in [-0.1, -0.05) is 53.7 Å². The van der Waals surface area contributed by atoms with E-state index in [0.717, 1.165) is 8.81 Å². The highest BCUT2D eigenvalue weighted by atomic mass is 79.9. The van der Waals surface area contributed by atoms with Crippen LogP contribution in [-0.2, 0) is 0 Å². The summed E-state index contributed by atoms with van der Waals surface area (Å²) >= 11 is 14.8. The quantitative estimate of drug-likeness (QED) is 0.434. The molecular formula is C10H13Br2ClS. The van der Waals surface area contributed by atoms with Crippen LogP contribution in [0.15, 0.2) is 9.85 Å². The first-order valence-electron chi connectivity index (χ1n) is 4.74. The van der Waals surface area contributed by atoms with E-state index in [9.17, 15) is 0 Å². The largest absolute Gasteiger partial charge is 0.130 e. The van der Waals surface area contributed by atoms with E-state index in [-0.39, 0.29) is 0 Å². The first kappa shape index (κ1) is 13.0. The van der Waals surface area contributed by atoms with Crippen molar-refractivity contribution in [2.45, 2.75) is 37.4 Å². The van der Waals surface area contributed by atoms with Crippen LogP contribution < -0.4 is 0 Å². The Bertz CT molecular complexity index is 266. The van der Waals surface area contributed by atoms with Gasteiger partial charge in [0.1, 0.15) is 0 Å². The van der Waals surface area contributed by atoms with Gasteiger partial charge in [-0.15, -0.1) is 11.3 Å². The molecule has 0 saturated carbocycles. The SMILES string of the molecule is CCCCCC(Br)c1cc(Cl)c(Br)s1. The second kappa shape index (κ2) is 6.51. The molecule has 0 aliphatic heterocycles. The lowest BCUT2D eigenvalue weighted by atomic mass is 10.1. The molecule has 0 N–H and O–H groups in total. The summed E-state index contributed by atoms with van der Waals surface area (Å²) in [5.41, 5.74) is 0. The molecule has 0 radical (unpaired) electrons. The molecule has 0 aliphatic carbocycles. The van der Waals surface area contributed by atoms with Gasteiger partial charge in [-0.3, -0.25) is 0 Å². The van der Waals surface area contributed by atoms with Crippen molar-refractivity contribution in [2.75, 3.05) is 0 Å². The topological polar surface area (TPSA) is 0 Å². The van der Waals surface area contributed by atoms with Gasteiger partial charge in [0.05, 0.1) is 8.81 Å². The zero-order chi connectivity index (χ0) is 10.6. The van der Waals surface area contributed by atoms with Crippen LogP contribution in [0.25, 0.3) is 0 Å². The van der Waals surface area contributed by atoms with E-state index in [4.69, 9.17) is 11.6 Å². The summed E-state index contributed by atoms with van der Waals surface area (Å²) in [6, 6.07) is 2.04. The molecule has 0 fully saturated rings. The molecule has 14 heavy (non-hydrogen) atoms. The van der Waals surface area contributed by atoms with E-state index in [1.807, 2.05) is 6.07 Å². The minimum atomic E-state index is 0.461. The molecule has 1 heterocycles. The maximum Gasteiger partial charge on any atom is 0.0887 e. The van der Waals surface area contributed by atoms with Gasteiger partial charge in [0.15, 0.2) is 0 Å². The molecule has 0 amide bonds. The molecule has 1 rings (SSSR count). The Labute approximate surface area is 111 Å². The Morgan fingerprint density at radius 3 is 2.71 bits per heavy atom. The molecule has 0 bridgehead atoms. The predicted octanol–water partition coefficient (Wildman–Crippen LogP) is 6.18. The molecule has 0 nitrogen and oxygen atoms in total. The molecular weight excluding hydrogens is 347 g/mol. The van der Waals surface area contributed by atoms with Crippen LogP contribution in [0.4, 0.5) is 0 Å². The van der Waals surface area contributed by atoms with Crippen LogP contribution in [0.3, 0.4) is 0 Å². The van der Waals surface area contributed by atoms with Crippen LogP contribution >= 0.6 is 54.8 Å². The van der Waals surface area contributed by atoms with Crippen molar-refractivity contribution >= 4 is 54.8 Å². The zero-order valence-corrected chi connectivity index (χ0v) is 12.8. The van der Waals surface area contributed by atoms with Gasteiger partial charge in [0, 0.05) is 9.70 Å². The van der Waals surface area contributed by atoms with Gasteiger partial charge in [-0.05, 0) is 28.4 Å². The minimum absolute atomic E-state index is 0.461. The monoisotopic (exact) mass is 358 g/mol. The third kappa shape index (κ3) is 3.84. The fraction of sp³-hybridized carbons (Fsp3) is 0.600. The fourth-order valence-corrected chi connectivity index (χ4v) is 3.73. The van der Waals surface area contributed by atoms with Crippen molar-refractivity contribution in [3.63, 3.8) is 0 Å². The summed E-state index contributed by atoms with van der Waals surface area (Å²) in [6.45, 7) is 2.22. The molecule has 4 heteroatoms. The van der Waals surface area contributed by atoms with Gasteiger partial charge >= 0.3 is 0 Å². The summed E-state index contributed by atoms with van der Waals surface area (Å²) in [6.07, 6.45) is 5.05. The maximum atomic E-state index is 5.98. The number of thiophene rings is 1. The van der Waals surface area contributed by atoms with Crippen molar-refractivity contribution in [3.8, 4) is 0 Å². The Morgan fingerprint density at radius 1 is 1.50 bits per heavy atom. The summed E-state index contributed by atoms with van der Waals surface area (Å²) in [5.74, 6) is 0. The summed E-state index contributed by atoms with van der Waals surface area (Å²) < 4.78 is 1.04. The van der Waals surface area contributed by atoms with Gasteiger partial charge in [-0.2, -0.15) is 0 Å². The highest BCUT2D eigenvalue weighted by Gasteiger charge is 2.12. The Balaban J connectivity index is 2.47. The molecule has 80 valence electrons. The summed E-state index contributed by atoms with van der Waals surface area (Å²) in [7, 11) is 0. The Hall–Kier alpha value is 0.950. The highest BCUT2D eigenvalue weighted by molar-refractivity contribution is 9.11. The van der Waals surface area contributed by atoms with Crippen molar-refractivity contribution < 1.29 is 0 Å². The third-order valence-corrected chi connectivity index (χ3v) is 5.88. The number of hydrogen-bond acceptors (Lipinski definition) is 1. The van der Waals surface area contributed by atoms with Crippen molar-refractivity contribution in [1.82, 2.24) is 0 Å². The average Bonchev–Trinajstić information content (AvgIpc) is 2.47. The number of halogens is 3. The first-order valence-corrected chi connectivity index (χ1v) is 7.64. The van der Waals surface area contributed by atoms with Crippen LogP contribution in [0.5, 0.6) is 0 Å². The van der Waals surface area contributed by atoms with E-state index in [0.29, 0.717) is 4.83 Å². The lowest BCUT2D eigenvalue weighted by molar-refractivity contribution is 0.667. The van der Waals surface area contributed by atoms with Crippen LogP contribution in [0.1, 0.15) is 42.3 Å². The van der Waals surface area contributed by atoms with Gasteiger partial charge < -0.3 is 0 Å². The molecule has 1 unspecified atom stereocenters.